The molecule has 3 aromatic rings. The normalized spacial score (nSPS) is 10.6. The topological polar surface area (TPSA) is 69.0 Å². The average molecular weight is 322 g/mol. The number of amides is 1. The molecule has 0 atom stereocenters. The van der Waals surface area contributed by atoms with Gasteiger partial charge in [0.05, 0.1) is 18.0 Å². The number of hydrogen-bond donors (Lipinski definition) is 1. The van der Waals surface area contributed by atoms with Crippen molar-refractivity contribution in [3.8, 4) is 11.4 Å². The molecule has 1 aromatic heterocycles. The smallest absolute Gasteiger partial charge is 0.277 e. The highest BCUT2D eigenvalue weighted by Gasteiger charge is 2.12. The molecule has 3 rings (SSSR count). The van der Waals surface area contributed by atoms with Crippen LogP contribution in [0.1, 0.15) is 24.3 Å². The molecule has 0 saturated heterocycles. The van der Waals surface area contributed by atoms with E-state index in [1.807, 2.05) is 56.3 Å². The van der Waals surface area contributed by atoms with E-state index in [1.54, 1.807) is 12.1 Å². The number of hydrogen-bond acceptors (Lipinski definition) is 4. The highest BCUT2D eigenvalue weighted by molar-refractivity contribution is 6.02. The van der Waals surface area contributed by atoms with Crippen LogP contribution in [0.2, 0.25) is 0 Å². The van der Waals surface area contributed by atoms with Crippen molar-refractivity contribution < 1.29 is 9.53 Å². The first-order chi connectivity index (χ1) is 11.6. The van der Waals surface area contributed by atoms with Crippen molar-refractivity contribution in [1.82, 2.24) is 15.0 Å². The molecule has 1 amide bonds. The predicted octanol–water partition coefficient (Wildman–Crippen LogP) is 3.31. The van der Waals surface area contributed by atoms with Crippen LogP contribution in [0.5, 0.6) is 5.75 Å². The molecule has 0 radical (unpaired) electrons. The van der Waals surface area contributed by atoms with Gasteiger partial charge in [-0.1, -0.05) is 18.2 Å². The Hall–Kier alpha value is -3.15. The molecule has 0 bridgehead atoms. The molecule has 1 N–H and O–H groups in total. The van der Waals surface area contributed by atoms with Gasteiger partial charge in [0, 0.05) is 5.69 Å². The Morgan fingerprint density at radius 3 is 2.46 bits per heavy atom. The Kier molecular flexibility index (Phi) is 4.56. The SMILES string of the molecule is CC(C)Oc1ccc(NC(=O)c2cnn(-c3ccccc3)n2)cc1. The Labute approximate surface area is 140 Å². The molecule has 0 unspecified atom stereocenters. The molecule has 1 heterocycles. The van der Waals surface area contributed by atoms with Gasteiger partial charge < -0.3 is 10.1 Å². The number of ether oxygens (including phenoxy) is 1. The fourth-order valence-corrected chi connectivity index (χ4v) is 2.14. The van der Waals surface area contributed by atoms with Crippen LogP contribution in [-0.4, -0.2) is 27.0 Å². The second-order valence-corrected chi connectivity index (χ2v) is 5.50. The lowest BCUT2D eigenvalue weighted by atomic mass is 10.3. The zero-order valence-corrected chi connectivity index (χ0v) is 13.5. The first-order valence-corrected chi connectivity index (χ1v) is 7.67. The second-order valence-electron chi connectivity index (χ2n) is 5.50. The summed E-state index contributed by atoms with van der Waals surface area (Å²) in [6, 6.07) is 16.6. The van der Waals surface area contributed by atoms with Gasteiger partial charge in [-0.05, 0) is 50.2 Å². The maximum Gasteiger partial charge on any atom is 0.277 e. The number of carbonyl (C=O) groups excluding carboxylic acids is 1. The van der Waals surface area contributed by atoms with Crippen LogP contribution in [0.15, 0.2) is 60.8 Å². The third kappa shape index (κ3) is 3.78. The van der Waals surface area contributed by atoms with Gasteiger partial charge in [-0.15, -0.1) is 5.10 Å². The van der Waals surface area contributed by atoms with Crippen LogP contribution in [0.4, 0.5) is 5.69 Å². The first-order valence-electron chi connectivity index (χ1n) is 7.67. The van der Waals surface area contributed by atoms with E-state index in [-0.39, 0.29) is 17.7 Å². The number of rotatable bonds is 5. The maximum absolute atomic E-state index is 12.3. The van der Waals surface area contributed by atoms with E-state index in [1.165, 1.54) is 11.0 Å². The Bertz CT molecular complexity index is 811. The van der Waals surface area contributed by atoms with E-state index in [0.717, 1.165) is 11.4 Å². The number of nitrogens with one attached hydrogen (secondary N) is 1. The molecule has 0 fully saturated rings. The lowest BCUT2D eigenvalue weighted by Gasteiger charge is -2.10. The zero-order chi connectivity index (χ0) is 16.9. The van der Waals surface area contributed by atoms with Crippen LogP contribution >= 0.6 is 0 Å². The summed E-state index contributed by atoms with van der Waals surface area (Å²) in [4.78, 5) is 13.7. The van der Waals surface area contributed by atoms with Crippen molar-refractivity contribution in [3.63, 3.8) is 0 Å². The number of carbonyl (C=O) groups is 1. The van der Waals surface area contributed by atoms with E-state index in [4.69, 9.17) is 4.74 Å². The van der Waals surface area contributed by atoms with Gasteiger partial charge in [0.15, 0.2) is 5.69 Å². The molecule has 0 spiro atoms. The van der Waals surface area contributed by atoms with E-state index < -0.39 is 0 Å². The third-order valence-corrected chi connectivity index (χ3v) is 3.20. The largest absolute Gasteiger partial charge is 0.491 e. The summed E-state index contributed by atoms with van der Waals surface area (Å²) >= 11 is 0. The molecule has 6 heteroatoms. The van der Waals surface area contributed by atoms with Crippen molar-refractivity contribution in [2.45, 2.75) is 20.0 Å². The van der Waals surface area contributed by atoms with E-state index >= 15 is 0 Å². The van der Waals surface area contributed by atoms with Gasteiger partial charge in [0.25, 0.3) is 5.91 Å². The lowest BCUT2D eigenvalue weighted by Crippen LogP contribution is -2.13. The summed E-state index contributed by atoms with van der Waals surface area (Å²) in [5, 5.41) is 11.1. The summed E-state index contributed by atoms with van der Waals surface area (Å²) in [5.74, 6) is 0.452. The molecule has 122 valence electrons. The minimum atomic E-state index is -0.310. The number of benzene rings is 2. The molecule has 24 heavy (non-hydrogen) atoms. The summed E-state index contributed by atoms with van der Waals surface area (Å²) < 4.78 is 5.57. The highest BCUT2D eigenvalue weighted by atomic mass is 16.5. The van der Waals surface area contributed by atoms with Gasteiger partial charge in [-0.25, -0.2) is 0 Å². The molecule has 0 aliphatic heterocycles. The van der Waals surface area contributed by atoms with Crippen LogP contribution in [0.3, 0.4) is 0 Å². The van der Waals surface area contributed by atoms with Crippen LogP contribution in [0, 0.1) is 0 Å². The number of para-hydroxylation sites is 1. The minimum Gasteiger partial charge on any atom is -0.491 e. The molecule has 0 aliphatic rings. The van der Waals surface area contributed by atoms with Crippen molar-refractivity contribution >= 4 is 11.6 Å². The second kappa shape index (κ2) is 6.95. The van der Waals surface area contributed by atoms with E-state index in [2.05, 4.69) is 15.5 Å². The summed E-state index contributed by atoms with van der Waals surface area (Å²) in [7, 11) is 0. The predicted molar refractivity (Wildman–Crippen MR) is 91.5 cm³/mol. The monoisotopic (exact) mass is 322 g/mol. The van der Waals surface area contributed by atoms with Crippen LogP contribution < -0.4 is 10.1 Å². The Balaban J connectivity index is 1.68. The maximum atomic E-state index is 12.3. The molecule has 2 aromatic carbocycles. The average Bonchev–Trinajstić information content (AvgIpc) is 3.07. The number of nitrogens with zero attached hydrogens (tertiary/aromatic N) is 3. The van der Waals surface area contributed by atoms with Gasteiger partial charge >= 0.3 is 0 Å². The van der Waals surface area contributed by atoms with Gasteiger partial charge in [-0.3, -0.25) is 4.79 Å². The highest BCUT2D eigenvalue weighted by Crippen LogP contribution is 2.17. The third-order valence-electron chi connectivity index (χ3n) is 3.20. The molecule has 0 aliphatic carbocycles. The minimum absolute atomic E-state index is 0.110. The summed E-state index contributed by atoms with van der Waals surface area (Å²) in [6.45, 7) is 3.93. The molecular formula is C18H18N4O2. The van der Waals surface area contributed by atoms with Crippen molar-refractivity contribution in [3.05, 3.63) is 66.5 Å². The first kappa shape index (κ1) is 15.7. The quantitative estimate of drug-likeness (QED) is 0.782. The molecule has 6 nitrogen and oxygen atoms in total. The Morgan fingerprint density at radius 2 is 1.79 bits per heavy atom. The van der Waals surface area contributed by atoms with Gasteiger partial charge in [0.1, 0.15) is 5.75 Å². The van der Waals surface area contributed by atoms with Crippen molar-refractivity contribution in [2.24, 2.45) is 0 Å². The standard InChI is InChI=1S/C18H18N4O2/c1-13(2)24-16-10-8-14(9-11-16)20-18(23)17-12-19-22(21-17)15-6-4-3-5-7-15/h3-13H,1-2H3,(H,20,23). The Morgan fingerprint density at radius 1 is 1.08 bits per heavy atom. The van der Waals surface area contributed by atoms with Gasteiger partial charge in [0.2, 0.25) is 0 Å². The van der Waals surface area contributed by atoms with E-state index in [9.17, 15) is 4.79 Å². The molecular weight excluding hydrogens is 304 g/mol. The van der Waals surface area contributed by atoms with Crippen LogP contribution in [-0.2, 0) is 0 Å². The lowest BCUT2D eigenvalue weighted by molar-refractivity contribution is 0.102. The van der Waals surface area contributed by atoms with Crippen molar-refractivity contribution in [1.29, 1.82) is 0 Å². The van der Waals surface area contributed by atoms with Crippen LogP contribution in [0.25, 0.3) is 5.69 Å². The number of anilines is 1. The summed E-state index contributed by atoms with van der Waals surface area (Å²) in [5.41, 5.74) is 1.72. The summed E-state index contributed by atoms with van der Waals surface area (Å²) in [6.07, 6.45) is 1.55. The fourth-order valence-electron chi connectivity index (χ4n) is 2.14. The fraction of sp³-hybridized carbons (Fsp3) is 0.167. The van der Waals surface area contributed by atoms with Crippen molar-refractivity contribution in [2.75, 3.05) is 5.32 Å². The number of aromatic nitrogens is 3. The van der Waals surface area contributed by atoms with E-state index in [0.29, 0.717) is 5.69 Å². The molecule has 0 saturated carbocycles. The van der Waals surface area contributed by atoms with Gasteiger partial charge in [-0.2, -0.15) is 9.90 Å². The zero-order valence-electron chi connectivity index (χ0n) is 13.5.